The molecule has 19 heteroatoms. The van der Waals surface area contributed by atoms with Crippen LogP contribution in [0, 0.1) is 40.5 Å². The van der Waals surface area contributed by atoms with E-state index in [4.69, 9.17) is 0 Å². The summed E-state index contributed by atoms with van der Waals surface area (Å²) in [5, 5.41) is 59.5. The van der Waals surface area contributed by atoms with E-state index in [2.05, 4.69) is 35.2 Å². The molecular formula is C10H3N9O10. The minimum Gasteiger partial charge on any atom is -0.358 e. The van der Waals surface area contributed by atoms with Crippen molar-refractivity contribution in [1.29, 1.82) is 0 Å². The molecule has 0 aliphatic heterocycles. The quantitative estimate of drug-likeness (QED) is 0.427. The van der Waals surface area contributed by atoms with Crippen molar-refractivity contribution in [1.82, 2.24) is 20.6 Å². The van der Waals surface area contributed by atoms with Crippen molar-refractivity contribution in [3.8, 4) is 11.4 Å². The lowest BCUT2D eigenvalue weighted by molar-refractivity contribution is -0.401. The van der Waals surface area contributed by atoms with Gasteiger partial charge in [0.1, 0.15) is 0 Å². The van der Waals surface area contributed by atoms with Gasteiger partial charge < -0.3 is 15.4 Å². The third-order valence-electron chi connectivity index (χ3n) is 3.29. The Labute approximate surface area is 154 Å². The van der Waals surface area contributed by atoms with Crippen molar-refractivity contribution in [3.63, 3.8) is 0 Å². The van der Waals surface area contributed by atoms with Crippen molar-refractivity contribution >= 4 is 34.4 Å². The summed E-state index contributed by atoms with van der Waals surface area (Å²) in [5.41, 5.74) is -4.93. The van der Waals surface area contributed by atoms with E-state index in [1.807, 2.05) is 0 Å². The maximum Gasteiger partial charge on any atom is 0.444 e. The number of aromatic nitrogens is 4. The van der Waals surface area contributed by atoms with E-state index in [0.717, 1.165) is 0 Å². The molecule has 0 amide bonds. The van der Waals surface area contributed by atoms with Gasteiger partial charge in [-0.2, -0.15) is 0 Å². The summed E-state index contributed by atoms with van der Waals surface area (Å²) in [7, 11) is 0. The first-order chi connectivity index (χ1) is 13.7. The van der Waals surface area contributed by atoms with E-state index in [1.165, 1.54) is 0 Å². The van der Waals surface area contributed by atoms with Gasteiger partial charge in [0.05, 0.1) is 26.9 Å². The molecule has 1 N–H and O–H groups in total. The van der Waals surface area contributed by atoms with Crippen LogP contribution in [-0.4, -0.2) is 40.3 Å². The third-order valence-corrected chi connectivity index (χ3v) is 3.29. The summed E-state index contributed by atoms with van der Waals surface area (Å²) >= 11 is 0. The number of nitrogens with one attached hydrogen (secondary N) is 1. The molecule has 3 rings (SSSR count). The first-order valence-corrected chi connectivity index (χ1v) is 6.88. The van der Waals surface area contributed by atoms with Crippen LogP contribution in [0.4, 0.5) is 34.4 Å². The fraction of sp³-hybridized carbons (Fsp3) is 0. The normalized spacial score (nSPS) is 10.5. The molecule has 0 atom stereocenters. The second-order valence-corrected chi connectivity index (χ2v) is 4.91. The highest BCUT2D eigenvalue weighted by Crippen LogP contribution is 2.41. The summed E-state index contributed by atoms with van der Waals surface area (Å²) in [4.78, 5) is 40.1. The molecule has 0 fully saturated rings. The minimum absolute atomic E-state index is 0.475. The van der Waals surface area contributed by atoms with E-state index in [1.54, 1.807) is 0 Å². The smallest absolute Gasteiger partial charge is 0.358 e. The van der Waals surface area contributed by atoms with Gasteiger partial charge in [-0.1, -0.05) is 0 Å². The van der Waals surface area contributed by atoms with E-state index >= 15 is 0 Å². The van der Waals surface area contributed by atoms with Gasteiger partial charge in [-0.05, 0) is 20.4 Å². The number of non-ortho nitro benzene ring substituents is 1. The first-order valence-electron chi connectivity index (χ1n) is 6.88. The van der Waals surface area contributed by atoms with Crippen molar-refractivity contribution < 1.29 is 29.0 Å². The molecule has 0 aliphatic carbocycles. The highest BCUT2D eigenvalue weighted by Gasteiger charge is 2.34. The Hall–Kier alpha value is -5.10. The number of hydrogen-bond donors (Lipinski definition) is 1. The third kappa shape index (κ3) is 3.32. The average Bonchev–Trinajstić information content (AvgIpc) is 3.29. The van der Waals surface area contributed by atoms with Crippen LogP contribution in [0.1, 0.15) is 0 Å². The maximum atomic E-state index is 11.3. The monoisotopic (exact) mass is 409 g/mol. The zero-order valence-electron chi connectivity index (χ0n) is 13.3. The van der Waals surface area contributed by atoms with E-state index in [0.29, 0.717) is 12.1 Å². The highest BCUT2D eigenvalue weighted by molar-refractivity contribution is 5.84. The molecule has 0 aliphatic rings. The molecule has 2 aromatic heterocycles. The number of nitro benzene ring substituents is 3. The zero-order valence-corrected chi connectivity index (χ0v) is 13.3. The Kier molecular flexibility index (Phi) is 4.44. The lowest BCUT2D eigenvalue weighted by Gasteiger charge is -2.05. The van der Waals surface area contributed by atoms with Crippen molar-refractivity contribution in [2.75, 3.05) is 5.32 Å². The molecule has 0 spiro atoms. The Balaban J connectivity index is 2.17. The van der Waals surface area contributed by atoms with Gasteiger partial charge >= 0.3 is 17.2 Å². The second kappa shape index (κ2) is 6.90. The van der Waals surface area contributed by atoms with Crippen molar-refractivity contribution in [3.05, 3.63) is 52.6 Å². The summed E-state index contributed by atoms with van der Waals surface area (Å²) in [6, 6.07) is 0.950. The van der Waals surface area contributed by atoms with Crippen LogP contribution in [0.3, 0.4) is 0 Å². The van der Waals surface area contributed by atoms with Crippen LogP contribution in [0.5, 0.6) is 0 Å². The molecule has 0 bridgehead atoms. The molecule has 2 heterocycles. The molecule has 0 unspecified atom stereocenters. The molecule has 29 heavy (non-hydrogen) atoms. The van der Waals surface area contributed by atoms with E-state index in [-0.39, 0.29) is 0 Å². The Morgan fingerprint density at radius 3 is 1.79 bits per heavy atom. The fourth-order valence-electron chi connectivity index (χ4n) is 2.12. The summed E-state index contributed by atoms with van der Waals surface area (Å²) in [6.07, 6.45) is 0. The van der Waals surface area contributed by atoms with Crippen molar-refractivity contribution in [2.24, 2.45) is 0 Å². The van der Waals surface area contributed by atoms with Crippen LogP contribution < -0.4 is 5.32 Å². The first kappa shape index (κ1) is 18.7. The van der Waals surface area contributed by atoms with Gasteiger partial charge in [0, 0.05) is 0 Å². The van der Waals surface area contributed by atoms with Crippen LogP contribution in [0.25, 0.3) is 11.4 Å². The summed E-state index contributed by atoms with van der Waals surface area (Å²) in [5.74, 6) is -1.47. The minimum atomic E-state index is -1.12. The fourth-order valence-corrected chi connectivity index (χ4v) is 2.12. The Morgan fingerprint density at radius 1 is 0.724 bits per heavy atom. The topological polar surface area (TPSA) is 262 Å². The number of rotatable bonds is 7. The maximum absolute atomic E-state index is 11.3. The van der Waals surface area contributed by atoms with Gasteiger partial charge in [0.15, 0.2) is 16.5 Å². The zero-order chi connectivity index (χ0) is 21.3. The molecule has 1 aromatic carbocycles. The van der Waals surface area contributed by atoms with Gasteiger partial charge in [0.2, 0.25) is 11.5 Å². The summed E-state index contributed by atoms with van der Waals surface area (Å²) in [6.45, 7) is 0. The lowest BCUT2D eigenvalue weighted by Crippen LogP contribution is -2.04. The van der Waals surface area contributed by atoms with Crippen LogP contribution >= 0.6 is 0 Å². The lowest BCUT2D eigenvalue weighted by atomic mass is 10.2. The van der Waals surface area contributed by atoms with E-state index < -0.39 is 65.5 Å². The van der Waals surface area contributed by atoms with Crippen molar-refractivity contribution in [2.45, 2.75) is 0 Å². The largest absolute Gasteiger partial charge is 0.444 e. The SMILES string of the molecule is O=[N+]([O-])c1cc([N+](=O)[O-])c(Nc2nonc2-c2nonc2[N+](=O)[O-])c([N+](=O)[O-])c1. The second-order valence-electron chi connectivity index (χ2n) is 4.91. The molecular weight excluding hydrogens is 406 g/mol. The van der Waals surface area contributed by atoms with Gasteiger partial charge in [-0.25, -0.2) is 4.63 Å². The number of hydrogen-bond acceptors (Lipinski definition) is 15. The molecule has 19 nitrogen and oxygen atoms in total. The number of nitro groups is 4. The molecule has 3 aromatic rings. The summed E-state index contributed by atoms with van der Waals surface area (Å²) < 4.78 is 8.63. The molecule has 0 saturated carbocycles. The van der Waals surface area contributed by atoms with Gasteiger partial charge in [0.25, 0.3) is 5.69 Å². The average molecular weight is 409 g/mol. The standard InChI is InChI=1S/C10H3N9O10/c20-16(21)3-1-4(17(22)23)6(5(2-3)18(24)25)11-9-7(12-28-14-9)8-10(19(26)27)15-29-13-8/h1-2H,(H,11,14). The molecule has 0 saturated heterocycles. The highest BCUT2D eigenvalue weighted by atomic mass is 16.6. The van der Waals surface area contributed by atoms with Crippen LogP contribution in [0.2, 0.25) is 0 Å². The van der Waals surface area contributed by atoms with Crippen LogP contribution in [-0.2, 0) is 0 Å². The Bertz CT molecular complexity index is 1130. The van der Waals surface area contributed by atoms with Gasteiger partial charge in [-0.3, -0.25) is 30.3 Å². The molecule has 0 radical (unpaired) electrons. The number of benzene rings is 1. The van der Waals surface area contributed by atoms with Gasteiger partial charge in [-0.15, -0.1) is 4.63 Å². The van der Waals surface area contributed by atoms with E-state index in [9.17, 15) is 40.5 Å². The Morgan fingerprint density at radius 2 is 1.28 bits per heavy atom. The number of nitrogens with zero attached hydrogens (tertiary/aromatic N) is 8. The molecule has 148 valence electrons. The predicted octanol–water partition coefficient (Wildman–Crippen LogP) is 1.50. The predicted molar refractivity (Wildman–Crippen MR) is 83.9 cm³/mol. The number of anilines is 2. The van der Waals surface area contributed by atoms with Crippen LogP contribution in [0.15, 0.2) is 21.4 Å².